The van der Waals surface area contributed by atoms with Crippen molar-refractivity contribution in [2.24, 2.45) is 5.10 Å². The van der Waals surface area contributed by atoms with Gasteiger partial charge >= 0.3 is 0 Å². The second-order valence-electron chi connectivity index (χ2n) is 5.04. The van der Waals surface area contributed by atoms with Gasteiger partial charge in [-0.15, -0.1) is 0 Å². The van der Waals surface area contributed by atoms with Crippen molar-refractivity contribution in [1.82, 2.24) is 5.43 Å². The molecule has 6 nitrogen and oxygen atoms in total. The van der Waals surface area contributed by atoms with Crippen LogP contribution in [-0.4, -0.2) is 31.9 Å². The standard InChI is InChI=1S/C17H14Cl2N2O4/c18-12-3-1-2-4-14(12)25-10-16(22)21-20-9-11-7-13(19)17-15(8-11)23-5-6-24-17/h1-4,7-9H,5-6,10H2,(H,21,22)/b20-9-. The van der Waals surface area contributed by atoms with Crippen LogP contribution in [0.3, 0.4) is 0 Å². The molecule has 0 saturated carbocycles. The van der Waals surface area contributed by atoms with E-state index in [9.17, 15) is 4.79 Å². The molecular formula is C17H14Cl2N2O4. The molecule has 0 atom stereocenters. The summed E-state index contributed by atoms with van der Waals surface area (Å²) in [5.41, 5.74) is 3.04. The summed E-state index contributed by atoms with van der Waals surface area (Å²) in [6.07, 6.45) is 1.46. The first kappa shape index (κ1) is 17.4. The second kappa shape index (κ2) is 8.09. The Morgan fingerprint density at radius 1 is 1.20 bits per heavy atom. The molecule has 2 aromatic carbocycles. The van der Waals surface area contributed by atoms with Crippen molar-refractivity contribution in [2.75, 3.05) is 19.8 Å². The van der Waals surface area contributed by atoms with Gasteiger partial charge in [0.15, 0.2) is 18.1 Å². The van der Waals surface area contributed by atoms with Crippen molar-refractivity contribution in [2.45, 2.75) is 0 Å². The second-order valence-corrected chi connectivity index (χ2v) is 5.85. The number of hydrogen-bond acceptors (Lipinski definition) is 5. The minimum atomic E-state index is -0.417. The van der Waals surface area contributed by atoms with E-state index in [2.05, 4.69) is 10.5 Å². The highest BCUT2D eigenvalue weighted by atomic mass is 35.5. The Balaban J connectivity index is 1.55. The summed E-state index contributed by atoms with van der Waals surface area (Å²) in [5.74, 6) is 1.08. The lowest BCUT2D eigenvalue weighted by Crippen LogP contribution is -2.24. The van der Waals surface area contributed by atoms with E-state index < -0.39 is 5.91 Å². The van der Waals surface area contributed by atoms with E-state index in [1.807, 2.05) is 0 Å². The SMILES string of the molecule is O=C(COc1ccccc1Cl)N/N=C\c1cc(Cl)c2c(c1)OCCO2. The van der Waals surface area contributed by atoms with E-state index in [0.717, 1.165) is 0 Å². The lowest BCUT2D eigenvalue weighted by Gasteiger charge is -2.19. The maximum Gasteiger partial charge on any atom is 0.277 e. The minimum absolute atomic E-state index is 0.205. The first-order chi connectivity index (χ1) is 12.1. The normalized spacial score (nSPS) is 12.9. The van der Waals surface area contributed by atoms with Gasteiger partial charge in [-0.05, 0) is 29.8 Å². The topological polar surface area (TPSA) is 69.2 Å². The zero-order valence-electron chi connectivity index (χ0n) is 13.0. The van der Waals surface area contributed by atoms with Crippen molar-refractivity contribution in [3.05, 3.63) is 52.0 Å². The molecule has 0 unspecified atom stereocenters. The number of nitrogens with zero attached hydrogens (tertiary/aromatic N) is 1. The monoisotopic (exact) mass is 380 g/mol. The quantitative estimate of drug-likeness (QED) is 0.638. The average molecular weight is 381 g/mol. The smallest absolute Gasteiger partial charge is 0.277 e. The van der Waals surface area contributed by atoms with Gasteiger partial charge < -0.3 is 14.2 Å². The number of hydrazone groups is 1. The van der Waals surface area contributed by atoms with E-state index in [4.69, 9.17) is 37.4 Å². The molecule has 8 heteroatoms. The molecule has 0 aromatic heterocycles. The predicted molar refractivity (Wildman–Crippen MR) is 95.1 cm³/mol. The third kappa shape index (κ3) is 4.55. The van der Waals surface area contributed by atoms with Crippen LogP contribution in [0, 0.1) is 0 Å². The fraction of sp³-hybridized carbons (Fsp3) is 0.176. The number of amides is 1. The van der Waals surface area contributed by atoms with Crippen molar-refractivity contribution in [3.8, 4) is 17.2 Å². The van der Waals surface area contributed by atoms with Gasteiger partial charge in [0, 0.05) is 0 Å². The summed E-state index contributed by atoms with van der Waals surface area (Å²) in [7, 11) is 0. The molecule has 1 aliphatic heterocycles. The van der Waals surface area contributed by atoms with Crippen LogP contribution in [0.15, 0.2) is 41.5 Å². The number of carbonyl (C=O) groups excluding carboxylic acids is 1. The molecule has 0 bridgehead atoms. The molecule has 0 aliphatic carbocycles. The Morgan fingerprint density at radius 3 is 2.84 bits per heavy atom. The van der Waals surface area contributed by atoms with Gasteiger partial charge in [0.1, 0.15) is 19.0 Å². The third-order valence-corrected chi connectivity index (χ3v) is 3.81. The van der Waals surface area contributed by atoms with Gasteiger partial charge in [-0.2, -0.15) is 5.10 Å². The van der Waals surface area contributed by atoms with Crippen LogP contribution in [0.5, 0.6) is 17.2 Å². The minimum Gasteiger partial charge on any atom is -0.486 e. The van der Waals surface area contributed by atoms with Crippen LogP contribution in [0.2, 0.25) is 10.0 Å². The van der Waals surface area contributed by atoms with Crippen molar-refractivity contribution in [1.29, 1.82) is 0 Å². The Bertz CT molecular complexity index is 811. The van der Waals surface area contributed by atoms with Gasteiger partial charge in [0.25, 0.3) is 5.91 Å². The number of benzene rings is 2. The number of para-hydroxylation sites is 1. The molecule has 25 heavy (non-hydrogen) atoms. The number of halogens is 2. The zero-order valence-corrected chi connectivity index (χ0v) is 14.5. The largest absolute Gasteiger partial charge is 0.486 e. The number of ether oxygens (including phenoxy) is 3. The molecule has 3 rings (SSSR count). The number of fused-ring (bicyclic) bond motifs is 1. The molecule has 1 N–H and O–H groups in total. The van der Waals surface area contributed by atoms with Gasteiger partial charge in [0.2, 0.25) is 0 Å². The van der Waals surface area contributed by atoms with Crippen LogP contribution in [-0.2, 0) is 4.79 Å². The number of rotatable bonds is 5. The fourth-order valence-electron chi connectivity index (χ4n) is 2.12. The summed E-state index contributed by atoms with van der Waals surface area (Å²) in [6.45, 7) is 0.713. The summed E-state index contributed by atoms with van der Waals surface area (Å²) < 4.78 is 16.2. The molecule has 1 aliphatic rings. The maximum atomic E-state index is 11.8. The lowest BCUT2D eigenvalue weighted by molar-refractivity contribution is -0.123. The molecular weight excluding hydrogens is 367 g/mol. The summed E-state index contributed by atoms with van der Waals surface area (Å²) in [4.78, 5) is 11.8. The van der Waals surface area contributed by atoms with Gasteiger partial charge in [-0.25, -0.2) is 5.43 Å². The maximum absolute atomic E-state index is 11.8. The molecule has 2 aromatic rings. The van der Waals surface area contributed by atoms with E-state index in [0.29, 0.717) is 46.1 Å². The molecule has 1 heterocycles. The van der Waals surface area contributed by atoms with Crippen LogP contribution in [0.1, 0.15) is 5.56 Å². The van der Waals surface area contributed by atoms with E-state index >= 15 is 0 Å². The van der Waals surface area contributed by atoms with Crippen molar-refractivity contribution < 1.29 is 19.0 Å². The van der Waals surface area contributed by atoms with Gasteiger partial charge in [-0.3, -0.25) is 4.79 Å². The van der Waals surface area contributed by atoms with Crippen molar-refractivity contribution >= 4 is 35.3 Å². The van der Waals surface area contributed by atoms with Crippen molar-refractivity contribution in [3.63, 3.8) is 0 Å². The van der Waals surface area contributed by atoms with E-state index in [-0.39, 0.29) is 6.61 Å². The molecule has 0 spiro atoms. The Kier molecular flexibility index (Phi) is 5.63. The van der Waals surface area contributed by atoms with Crippen LogP contribution < -0.4 is 19.6 Å². The highest BCUT2D eigenvalue weighted by Crippen LogP contribution is 2.37. The zero-order chi connectivity index (χ0) is 17.6. The van der Waals surface area contributed by atoms with Crippen LogP contribution >= 0.6 is 23.2 Å². The molecule has 0 saturated heterocycles. The Hall–Kier alpha value is -2.44. The van der Waals surface area contributed by atoms with E-state index in [1.165, 1.54) is 6.21 Å². The Labute approximate surface area is 154 Å². The molecule has 0 fully saturated rings. The first-order valence-electron chi connectivity index (χ1n) is 7.42. The first-order valence-corrected chi connectivity index (χ1v) is 8.17. The molecule has 0 radical (unpaired) electrons. The number of nitrogens with one attached hydrogen (secondary N) is 1. The summed E-state index contributed by atoms with van der Waals surface area (Å²) >= 11 is 12.1. The number of hydrogen-bond donors (Lipinski definition) is 1. The fourth-order valence-corrected chi connectivity index (χ4v) is 2.59. The summed E-state index contributed by atoms with van der Waals surface area (Å²) in [6, 6.07) is 10.3. The average Bonchev–Trinajstić information content (AvgIpc) is 2.61. The van der Waals surface area contributed by atoms with Gasteiger partial charge in [-0.1, -0.05) is 35.3 Å². The molecule has 130 valence electrons. The Morgan fingerprint density at radius 2 is 2.00 bits per heavy atom. The van der Waals surface area contributed by atoms with Gasteiger partial charge in [0.05, 0.1) is 16.3 Å². The third-order valence-electron chi connectivity index (χ3n) is 3.22. The number of carbonyl (C=O) groups is 1. The predicted octanol–water partition coefficient (Wildman–Crippen LogP) is 3.29. The van der Waals surface area contributed by atoms with Crippen LogP contribution in [0.25, 0.3) is 0 Å². The summed E-state index contributed by atoms with van der Waals surface area (Å²) in [5, 5.41) is 4.73. The highest BCUT2D eigenvalue weighted by molar-refractivity contribution is 6.32. The van der Waals surface area contributed by atoms with Crippen LogP contribution in [0.4, 0.5) is 0 Å². The molecule has 1 amide bonds. The van der Waals surface area contributed by atoms with E-state index in [1.54, 1.807) is 36.4 Å². The lowest BCUT2D eigenvalue weighted by atomic mass is 10.2. The highest BCUT2D eigenvalue weighted by Gasteiger charge is 2.16.